The molecule has 0 bridgehead atoms. The van der Waals surface area contributed by atoms with Crippen LogP contribution >= 0.6 is 0 Å². The fourth-order valence-corrected chi connectivity index (χ4v) is 9.48. The topological polar surface area (TPSA) is 124 Å². The normalized spacial score (nSPS) is 47.2. The number of fused-ring (bicyclic) bond motifs is 5. The van der Waals surface area contributed by atoms with Crippen LogP contribution < -0.4 is 0 Å². The largest absolute Gasteiger partial charge is 0.393 e. The predicted molar refractivity (Wildman–Crippen MR) is 130 cm³/mol. The van der Waals surface area contributed by atoms with Gasteiger partial charge in [-0.05, 0) is 97.7 Å². The zero-order valence-electron chi connectivity index (χ0n) is 21.9. The molecule has 5 rings (SSSR count). The highest BCUT2D eigenvalue weighted by molar-refractivity contribution is 6.01. The van der Waals surface area contributed by atoms with Crippen LogP contribution in [0.2, 0.25) is 0 Å². The summed E-state index contributed by atoms with van der Waals surface area (Å²) in [5.74, 6) is -0.213. The molecule has 5 fully saturated rings. The molecule has 8 unspecified atom stereocenters. The zero-order valence-corrected chi connectivity index (χ0v) is 21.9. The van der Waals surface area contributed by atoms with Crippen molar-refractivity contribution in [2.24, 2.45) is 46.3 Å². The van der Waals surface area contributed by atoms with Gasteiger partial charge in [-0.15, -0.1) is 5.06 Å². The molecule has 202 valence electrons. The number of rotatable bonds is 5. The van der Waals surface area contributed by atoms with Gasteiger partial charge >= 0.3 is 5.97 Å². The SMILES string of the molecule is C[C@H](CCC(=O)ON1C(=O)CCC1=O)C1CCC2C3C(O)CC4C[C@H](O)CCC4(C)C3C[C@@H](O)C21C. The third-order valence-electron chi connectivity index (χ3n) is 11.5. The second-order valence-corrected chi connectivity index (χ2v) is 13.1. The Balaban J connectivity index is 1.27. The summed E-state index contributed by atoms with van der Waals surface area (Å²) in [7, 11) is 0. The fourth-order valence-electron chi connectivity index (χ4n) is 9.48. The summed E-state index contributed by atoms with van der Waals surface area (Å²) >= 11 is 0. The molecule has 2 amide bonds. The number of hydrogen-bond acceptors (Lipinski definition) is 7. The second kappa shape index (κ2) is 9.35. The van der Waals surface area contributed by atoms with Gasteiger partial charge in [0, 0.05) is 19.3 Å². The molecule has 0 aromatic rings. The Morgan fingerprint density at radius 1 is 1.03 bits per heavy atom. The fraction of sp³-hybridized carbons (Fsp3) is 0.893. The third kappa shape index (κ3) is 4.02. The van der Waals surface area contributed by atoms with Crippen molar-refractivity contribution in [3.05, 3.63) is 0 Å². The summed E-state index contributed by atoms with van der Waals surface area (Å²) in [6.45, 7) is 6.64. The highest BCUT2D eigenvalue weighted by Gasteiger charge is 2.65. The van der Waals surface area contributed by atoms with Crippen molar-refractivity contribution >= 4 is 17.8 Å². The van der Waals surface area contributed by atoms with Gasteiger partial charge in [-0.1, -0.05) is 20.8 Å². The molecular weight excluding hydrogens is 462 g/mol. The van der Waals surface area contributed by atoms with Crippen LogP contribution in [0.5, 0.6) is 0 Å². The molecule has 8 nitrogen and oxygen atoms in total. The smallest absolute Gasteiger partial charge is 0.333 e. The predicted octanol–water partition coefficient (Wildman–Crippen LogP) is 2.97. The molecule has 1 aliphatic heterocycles. The Hall–Kier alpha value is -1.51. The van der Waals surface area contributed by atoms with E-state index in [2.05, 4.69) is 20.8 Å². The van der Waals surface area contributed by atoms with Gasteiger partial charge in [0.2, 0.25) is 0 Å². The molecule has 36 heavy (non-hydrogen) atoms. The summed E-state index contributed by atoms with van der Waals surface area (Å²) < 4.78 is 0. The number of carbonyl (C=O) groups excluding carboxylic acids is 3. The lowest BCUT2D eigenvalue weighted by molar-refractivity contribution is -0.207. The van der Waals surface area contributed by atoms with Gasteiger partial charge in [0.05, 0.1) is 18.3 Å². The average Bonchev–Trinajstić information content (AvgIpc) is 3.34. The molecule has 1 saturated heterocycles. The van der Waals surface area contributed by atoms with E-state index in [9.17, 15) is 29.7 Å². The number of nitrogens with zero attached hydrogens (tertiary/aromatic N) is 1. The van der Waals surface area contributed by atoms with Crippen molar-refractivity contribution in [1.29, 1.82) is 0 Å². The highest BCUT2D eigenvalue weighted by Crippen LogP contribution is 2.68. The Morgan fingerprint density at radius 3 is 2.42 bits per heavy atom. The first-order chi connectivity index (χ1) is 17.0. The lowest BCUT2D eigenvalue weighted by Crippen LogP contribution is -2.62. The van der Waals surface area contributed by atoms with Crippen LogP contribution in [-0.4, -0.2) is 56.5 Å². The Bertz CT molecular complexity index is 892. The van der Waals surface area contributed by atoms with Crippen molar-refractivity contribution in [3.8, 4) is 0 Å². The van der Waals surface area contributed by atoms with Crippen LogP contribution in [0.15, 0.2) is 0 Å². The molecule has 4 saturated carbocycles. The van der Waals surface area contributed by atoms with E-state index in [1.165, 1.54) is 0 Å². The van der Waals surface area contributed by atoms with Crippen molar-refractivity contribution in [3.63, 3.8) is 0 Å². The molecule has 1 heterocycles. The van der Waals surface area contributed by atoms with E-state index in [-0.39, 0.29) is 65.8 Å². The van der Waals surface area contributed by atoms with Gasteiger partial charge in [0.1, 0.15) is 0 Å². The number of imide groups is 1. The molecule has 4 aliphatic carbocycles. The summed E-state index contributed by atoms with van der Waals surface area (Å²) in [6.07, 6.45) is 5.50. The van der Waals surface area contributed by atoms with Crippen LogP contribution in [0, 0.1) is 46.3 Å². The maximum absolute atomic E-state index is 12.4. The quantitative estimate of drug-likeness (QED) is 0.491. The maximum atomic E-state index is 12.4. The summed E-state index contributed by atoms with van der Waals surface area (Å²) in [4.78, 5) is 40.9. The van der Waals surface area contributed by atoms with Gasteiger partial charge in [0.25, 0.3) is 11.8 Å². The first-order valence-electron chi connectivity index (χ1n) is 14.1. The Labute approximate surface area is 213 Å². The molecule has 0 aromatic carbocycles. The van der Waals surface area contributed by atoms with Crippen molar-refractivity contribution in [1.82, 2.24) is 5.06 Å². The van der Waals surface area contributed by atoms with Crippen LogP contribution in [-0.2, 0) is 19.2 Å². The van der Waals surface area contributed by atoms with E-state index < -0.39 is 30.0 Å². The first kappa shape index (κ1) is 26.1. The summed E-state index contributed by atoms with van der Waals surface area (Å²) in [5.41, 5.74) is -0.285. The number of aliphatic hydroxyl groups is 3. The van der Waals surface area contributed by atoms with Crippen LogP contribution in [0.1, 0.15) is 91.4 Å². The van der Waals surface area contributed by atoms with Crippen molar-refractivity contribution in [2.75, 3.05) is 0 Å². The van der Waals surface area contributed by atoms with Gasteiger partial charge in [-0.3, -0.25) is 9.59 Å². The van der Waals surface area contributed by atoms with Gasteiger partial charge in [-0.2, -0.15) is 0 Å². The Morgan fingerprint density at radius 2 is 1.72 bits per heavy atom. The van der Waals surface area contributed by atoms with Gasteiger partial charge in [-0.25, -0.2) is 4.79 Å². The van der Waals surface area contributed by atoms with Crippen molar-refractivity contribution < 1.29 is 34.5 Å². The van der Waals surface area contributed by atoms with Crippen LogP contribution in [0.4, 0.5) is 0 Å². The number of aliphatic hydroxyl groups excluding tert-OH is 3. The van der Waals surface area contributed by atoms with Crippen LogP contribution in [0.3, 0.4) is 0 Å². The van der Waals surface area contributed by atoms with Crippen molar-refractivity contribution in [2.45, 2.75) is 110 Å². The van der Waals surface area contributed by atoms with E-state index in [0.29, 0.717) is 23.8 Å². The van der Waals surface area contributed by atoms with E-state index in [0.717, 1.165) is 38.5 Å². The lowest BCUT2D eigenvalue weighted by Gasteiger charge is -2.63. The molecule has 3 N–H and O–H groups in total. The van der Waals surface area contributed by atoms with E-state index >= 15 is 0 Å². The molecular formula is C28H43NO7. The highest BCUT2D eigenvalue weighted by atomic mass is 16.7. The maximum Gasteiger partial charge on any atom is 0.333 e. The minimum atomic E-state index is -0.574. The average molecular weight is 506 g/mol. The van der Waals surface area contributed by atoms with Crippen LogP contribution in [0.25, 0.3) is 0 Å². The number of amides is 2. The molecule has 0 radical (unpaired) electrons. The first-order valence-corrected chi connectivity index (χ1v) is 14.1. The number of hydrogen-bond donors (Lipinski definition) is 3. The molecule has 8 heteroatoms. The van der Waals surface area contributed by atoms with Gasteiger partial charge in [0.15, 0.2) is 0 Å². The van der Waals surface area contributed by atoms with E-state index in [1.54, 1.807) is 0 Å². The molecule has 5 aliphatic rings. The molecule has 0 spiro atoms. The molecule has 11 atom stereocenters. The van der Waals surface area contributed by atoms with Gasteiger partial charge < -0.3 is 20.2 Å². The lowest BCUT2D eigenvalue weighted by atomic mass is 9.43. The summed E-state index contributed by atoms with van der Waals surface area (Å²) in [6, 6.07) is 0. The monoisotopic (exact) mass is 505 g/mol. The number of hydroxylamine groups is 2. The van der Waals surface area contributed by atoms with E-state index in [1.807, 2.05) is 0 Å². The third-order valence-corrected chi connectivity index (χ3v) is 11.5. The minimum Gasteiger partial charge on any atom is -0.393 e. The Kier molecular flexibility index (Phi) is 6.78. The number of carbonyl (C=O) groups is 3. The zero-order chi connectivity index (χ0) is 26.0. The minimum absolute atomic E-state index is 0.0450. The second-order valence-electron chi connectivity index (χ2n) is 13.1. The van der Waals surface area contributed by atoms with E-state index in [4.69, 9.17) is 4.84 Å². The summed E-state index contributed by atoms with van der Waals surface area (Å²) in [5, 5.41) is 33.9. The standard InChI is InChI=1S/C28H43NO7/c1-15(4-9-25(35)36-29-23(33)7-8-24(29)34)18-5-6-19-26-20(14-22(32)28(18,19)3)27(2)11-10-17(30)12-16(27)13-21(26)31/h15-22,26,30-32H,4-14H2,1-3H3/t15-,16?,17-,18?,19?,20?,21?,22-,26?,27?,28?/m1/s1. The molecule has 0 aromatic heterocycles.